The molecule has 0 radical (unpaired) electrons. The van der Waals surface area contributed by atoms with Crippen molar-refractivity contribution in [1.29, 1.82) is 0 Å². The highest BCUT2D eigenvalue weighted by molar-refractivity contribution is 5.80. The molecule has 1 rings (SSSR count). The normalized spacial score (nSPS) is 18.7. The number of carbonyl (C=O) groups excluding carboxylic acids is 1. The first-order chi connectivity index (χ1) is 43.2. The molecule has 0 bridgehead atoms. The predicted molar refractivity (Wildman–Crippen MR) is 372 cm³/mol. The van der Waals surface area contributed by atoms with Crippen LogP contribution in [0.5, 0.6) is 0 Å². The van der Waals surface area contributed by atoms with Crippen molar-refractivity contribution in [3.63, 3.8) is 0 Å². The molecule has 522 valence electrons. The van der Waals surface area contributed by atoms with Crippen LogP contribution in [-0.4, -0.2) is 110 Å². The van der Waals surface area contributed by atoms with Crippen molar-refractivity contribution in [3.8, 4) is 0 Å². The third-order valence-corrected chi connectivity index (χ3v) is 19.0. The number of rotatable bonds is 69. The van der Waals surface area contributed by atoms with Gasteiger partial charge in [-0.15, -0.1) is 0 Å². The first-order valence-electron chi connectivity index (χ1n) is 38.7. The first-order valence-corrected chi connectivity index (χ1v) is 38.7. The van der Waals surface area contributed by atoms with Crippen molar-refractivity contribution in [1.82, 2.24) is 5.32 Å². The van der Waals surface area contributed by atoms with Gasteiger partial charge in [-0.2, -0.15) is 0 Å². The number of carbonyl (C=O) groups is 1. The van der Waals surface area contributed by atoms with E-state index in [1.807, 2.05) is 0 Å². The van der Waals surface area contributed by atoms with Crippen molar-refractivity contribution in [2.75, 3.05) is 13.2 Å². The van der Waals surface area contributed by atoms with Crippen LogP contribution < -0.4 is 5.32 Å². The Balaban J connectivity index is 2.13. The summed E-state index contributed by atoms with van der Waals surface area (Å²) in [5.41, 5.74) is 0. The summed E-state index contributed by atoms with van der Waals surface area (Å²) in [5.74, 6) is -0.699. The van der Waals surface area contributed by atoms with E-state index in [2.05, 4.69) is 43.5 Å². The molecule has 1 fully saturated rings. The summed E-state index contributed by atoms with van der Waals surface area (Å²) >= 11 is 0. The van der Waals surface area contributed by atoms with E-state index >= 15 is 0 Å². The minimum Gasteiger partial charge on any atom is -0.394 e. The fourth-order valence-electron chi connectivity index (χ4n) is 12.8. The Labute approximate surface area is 544 Å². The Morgan fingerprint density at radius 3 is 0.977 bits per heavy atom. The van der Waals surface area contributed by atoms with Crippen molar-refractivity contribution in [2.24, 2.45) is 0 Å². The van der Waals surface area contributed by atoms with Gasteiger partial charge in [0.2, 0.25) is 5.91 Å². The van der Waals surface area contributed by atoms with Gasteiger partial charge in [-0.1, -0.05) is 353 Å². The molecular weight excluding hydrogens is 1100 g/mol. The number of hydrogen-bond donors (Lipinski definition) is 8. The van der Waals surface area contributed by atoms with Gasteiger partial charge in [0.15, 0.2) is 6.29 Å². The van der Waals surface area contributed by atoms with Gasteiger partial charge in [-0.05, 0) is 64.2 Å². The smallest absolute Gasteiger partial charge is 0.249 e. The fourth-order valence-corrected chi connectivity index (χ4v) is 12.8. The van der Waals surface area contributed by atoms with Crippen LogP contribution in [-0.2, 0) is 14.3 Å². The zero-order valence-electron chi connectivity index (χ0n) is 58.0. The van der Waals surface area contributed by atoms with Crippen LogP contribution in [0.4, 0.5) is 0 Å². The Kier molecular flexibility index (Phi) is 63.1. The molecule has 1 saturated heterocycles. The van der Waals surface area contributed by atoms with Gasteiger partial charge in [-0.25, -0.2) is 0 Å². The molecule has 0 spiro atoms. The minimum absolute atomic E-state index is 0.258. The number of hydrogen-bond acceptors (Lipinski definition) is 10. The lowest BCUT2D eigenvalue weighted by Gasteiger charge is -2.40. The highest BCUT2D eigenvalue weighted by atomic mass is 16.7. The molecule has 0 aromatic carbocycles. The Morgan fingerprint density at radius 2 is 0.670 bits per heavy atom. The molecule has 11 heteroatoms. The molecule has 11 nitrogen and oxygen atoms in total. The minimum atomic E-state index is -1.67. The molecule has 1 amide bonds. The van der Waals surface area contributed by atoms with E-state index < -0.39 is 74.2 Å². The van der Waals surface area contributed by atoms with Crippen LogP contribution in [0.1, 0.15) is 393 Å². The summed E-state index contributed by atoms with van der Waals surface area (Å²) < 4.78 is 11.2. The van der Waals surface area contributed by atoms with Crippen molar-refractivity contribution < 1.29 is 50.0 Å². The highest BCUT2D eigenvalue weighted by Gasteiger charge is 2.44. The third-order valence-electron chi connectivity index (χ3n) is 19.0. The average Bonchev–Trinajstić information content (AvgIpc) is 3.73. The monoisotopic (exact) mass is 1250 g/mol. The van der Waals surface area contributed by atoms with Gasteiger partial charge in [0.05, 0.1) is 25.4 Å². The van der Waals surface area contributed by atoms with E-state index in [1.54, 1.807) is 0 Å². The summed E-state index contributed by atoms with van der Waals surface area (Å²) in [6, 6.07) is -1.18. The molecule has 9 unspecified atom stereocenters. The summed E-state index contributed by atoms with van der Waals surface area (Å²) in [6.07, 6.45) is 73.0. The standard InChI is InChI=1S/C77H149NO10/c1-3-5-7-9-11-13-15-17-19-21-23-25-27-28-29-30-31-32-33-34-35-36-37-38-39-40-41-43-45-47-49-51-53-55-57-59-61-63-65-70(81)76(86)78-68(67-87-77-75(85)74(84)73(83)71(66-79)88-77)72(82)69(80)64-62-60-58-56-54-52-50-48-46-44-42-26-24-22-20-18-16-14-12-10-8-6-4-2/h34-35,56,58,68-75,77,79-85H,3-33,36-55,57,59-67H2,1-2H3,(H,78,86)/b35-34-,58-56+. The Morgan fingerprint density at radius 1 is 0.386 bits per heavy atom. The molecular formula is C77H149NO10. The zero-order valence-corrected chi connectivity index (χ0v) is 58.0. The molecule has 1 aliphatic heterocycles. The topological polar surface area (TPSA) is 189 Å². The van der Waals surface area contributed by atoms with Gasteiger partial charge in [0.1, 0.15) is 36.6 Å². The molecule has 1 aliphatic rings. The molecule has 8 N–H and O–H groups in total. The van der Waals surface area contributed by atoms with E-state index in [0.717, 1.165) is 38.5 Å². The summed E-state index contributed by atoms with van der Waals surface area (Å²) in [4.78, 5) is 13.3. The molecule has 0 aromatic heterocycles. The van der Waals surface area contributed by atoms with Crippen LogP contribution in [0.2, 0.25) is 0 Å². The summed E-state index contributed by atoms with van der Waals surface area (Å²) in [7, 11) is 0. The van der Waals surface area contributed by atoms with E-state index in [4.69, 9.17) is 9.47 Å². The SMILES string of the molecule is CCCCCCCCCCCCCCCCCCCC/C=C\CCCCCCCCCCCCCCCCCCC(O)C(=O)NC(COC1OC(CO)C(O)C(O)C1O)C(O)C(O)CCC/C=C/CCCCCCCCCCCCCCCCCCCC. The van der Waals surface area contributed by atoms with Crippen LogP contribution in [0.3, 0.4) is 0 Å². The van der Waals surface area contributed by atoms with Crippen LogP contribution >= 0.6 is 0 Å². The summed E-state index contributed by atoms with van der Waals surface area (Å²) in [5, 5.41) is 76.6. The van der Waals surface area contributed by atoms with E-state index in [-0.39, 0.29) is 12.8 Å². The first kappa shape index (κ1) is 84.6. The number of aliphatic hydroxyl groups excluding tert-OH is 7. The zero-order chi connectivity index (χ0) is 63.9. The van der Waals surface area contributed by atoms with Gasteiger partial charge in [0, 0.05) is 0 Å². The molecule has 1 heterocycles. The maximum absolute atomic E-state index is 13.3. The molecule has 0 saturated carbocycles. The highest BCUT2D eigenvalue weighted by Crippen LogP contribution is 2.24. The van der Waals surface area contributed by atoms with Crippen LogP contribution in [0, 0.1) is 0 Å². The number of ether oxygens (including phenoxy) is 2. The second-order valence-electron chi connectivity index (χ2n) is 27.4. The quantitative estimate of drug-likeness (QED) is 0.0215. The van der Waals surface area contributed by atoms with Gasteiger partial charge in [-0.3, -0.25) is 4.79 Å². The number of aliphatic hydroxyl groups is 7. The Hall–Kier alpha value is -1.41. The number of unbranched alkanes of at least 4 members (excludes halogenated alkanes) is 53. The third kappa shape index (κ3) is 52.0. The number of nitrogens with one attached hydrogen (secondary N) is 1. The van der Waals surface area contributed by atoms with E-state index in [0.29, 0.717) is 12.8 Å². The number of allylic oxidation sites excluding steroid dienone is 4. The van der Waals surface area contributed by atoms with Crippen molar-refractivity contribution in [2.45, 2.75) is 448 Å². The van der Waals surface area contributed by atoms with Gasteiger partial charge >= 0.3 is 0 Å². The maximum atomic E-state index is 13.3. The molecule has 9 atom stereocenters. The van der Waals surface area contributed by atoms with E-state index in [1.165, 1.54) is 315 Å². The predicted octanol–water partition coefficient (Wildman–Crippen LogP) is 19.5. The molecule has 0 aromatic rings. The van der Waals surface area contributed by atoms with Crippen LogP contribution in [0.25, 0.3) is 0 Å². The van der Waals surface area contributed by atoms with Gasteiger partial charge < -0.3 is 50.5 Å². The fraction of sp³-hybridized carbons (Fsp3) is 0.935. The van der Waals surface area contributed by atoms with Crippen molar-refractivity contribution in [3.05, 3.63) is 24.3 Å². The second-order valence-corrected chi connectivity index (χ2v) is 27.4. The molecule has 0 aliphatic carbocycles. The maximum Gasteiger partial charge on any atom is 0.249 e. The van der Waals surface area contributed by atoms with E-state index in [9.17, 15) is 40.5 Å². The average molecular weight is 1250 g/mol. The molecule has 88 heavy (non-hydrogen) atoms. The van der Waals surface area contributed by atoms with Gasteiger partial charge in [0.25, 0.3) is 0 Å². The number of amides is 1. The van der Waals surface area contributed by atoms with Crippen LogP contribution in [0.15, 0.2) is 24.3 Å². The largest absolute Gasteiger partial charge is 0.394 e. The lowest BCUT2D eigenvalue weighted by molar-refractivity contribution is -0.303. The lowest BCUT2D eigenvalue weighted by atomic mass is 9.98. The van der Waals surface area contributed by atoms with Crippen molar-refractivity contribution >= 4 is 5.91 Å². The lowest BCUT2D eigenvalue weighted by Crippen LogP contribution is -2.60. The summed E-state index contributed by atoms with van der Waals surface area (Å²) in [6.45, 7) is 3.51. The Bertz CT molecular complexity index is 1480. The second kappa shape index (κ2) is 65.6.